The lowest BCUT2D eigenvalue weighted by Crippen LogP contribution is -1.97. The first kappa shape index (κ1) is 15.7. The van der Waals surface area contributed by atoms with Gasteiger partial charge in [0, 0.05) is 11.1 Å². The van der Waals surface area contributed by atoms with Crippen LogP contribution >= 0.6 is 39.3 Å². The van der Waals surface area contributed by atoms with E-state index >= 15 is 0 Å². The average Bonchev–Trinajstić information content (AvgIpc) is 2.42. The average molecular weight is 390 g/mol. The van der Waals surface area contributed by atoms with E-state index in [1.165, 1.54) is 18.3 Å². The van der Waals surface area contributed by atoms with E-state index in [1.807, 2.05) is 0 Å². The Labute approximate surface area is 136 Å². The summed E-state index contributed by atoms with van der Waals surface area (Å²) in [5, 5.41) is 20.1. The van der Waals surface area contributed by atoms with Gasteiger partial charge in [-0.2, -0.15) is 0 Å². The van der Waals surface area contributed by atoms with Crippen LogP contribution in [0.25, 0.3) is 0 Å². The Balaban J connectivity index is 2.46. The van der Waals surface area contributed by atoms with Gasteiger partial charge in [-0.15, -0.1) is 0 Å². The third kappa shape index (κ3) is 3.52. The fourth-order valence-electron chi connectivity index (χ4n) is 1.49. The number of nitrogens with zero attached hydrogens (tertiary/aromatic N) is 2. The van der Waals surface area contributed by atoms with Crippen LogP contribution in [-0.4, -0.2) is 21.0 Å². The molecular weight excluding hydrogens is 384 g/mol. The number of nitro groups is 1. The van der Waals surface area contributed by atoms with Crippen LogP contribution < -0.4 is 0 Å². The predicted molar refractivity (Wildman–Crippen MR) is 81.1 cm³/mol. The van der Waals surface area contributed by atoms with Crippen molar-refractivity contribution in [1.29, 1.82) is 0 Å². The molecule has 6 nitrogen and oxygen atoms in total. The molecule has 0 aliphatic rings. The zero-order valence-electron chi connectivity index (χ0n) is 10.1. The Morgan fingerprint density at radius 3 is 2.76 bits per heavy atom. The minimum atomic E-state index is -1.16. The van der Waals surface area contributed by atoms with Crippen LogP contribution in [0.4, 0.5) is 5.69 Å². The fourth-order valence-corrected chi connectivity index (χ4v) is 3.19. The van der Waals surface area contributed by atoms with Crippen molar-refractivity contribution >= 4 is 50.9 Å². The van der Waals surface area contributed by atoms with Gasteiger partial charge in [0.05, 0.1) is 20.0 Å². The fraction of sp³-hybridized carbons (Fsp3) is 0. The molecule has 0 saturated heterocycles. The highest BCUT2D eigenvalue weighted by molar-refractivity contribution is 9.10. The van der Waals surface area contributed by atoms with Gasteiger partial charge in [0.1, 0.15) is 11.1 Å². The summed E-state index contributed by atoms with van der Waals surface area (Å²) in [6, 6.07) is 4.40. The van der Waals surface area contributed by atoms with E-state index in [0.717, 1.165) is 18.0 Å². The van der Waals surface area contributed by atoms with Crippen molar-refractivity contribution in [1.82, 2.24) is 4.98 Å². The van der Waals surface area contributed by atoms with Gasteiger partial charge >= 0.3 is 11.7 Å². The van der Waals surface area contributed by atoms with Crippen LogP contribution in [0.15, 0.2) is 44.9 Å². The molecule has 2 rings (SSSR count). The second-order valence-electron chi connectivity index (χ2n) is 3.78. The van der Waals surface area contributed by atoms with E-state index in [1.54, 1.807) is 6.07 Å². The maximum Gasteiger partial charge on any atom is 0.337 e. The first-order chi connectivity index (χ1) is 9.90. The molecule has 0 saturated carbocycles. The summed E-state index contributed by atoms with van der Waals surface area (Å²) in [6.07, 6.45) is 2.57. The second-order valence-corrected chi connectivity index (χ2v) is 6.12. The summed E-state index contributed by atoms with van der Waals surface area (Å²) in [5.74, 6) is -1.16. The highest BCUT2D eigenvalue weighted by Crippen LogP contribution is 2.40. The summed E-state index contributed by atoms with van der Waals surface area (Å²) < 4.78 is 0.452. The van der Waals surface area contributed by atoms with Gasteiger partial charge in [0.25, 0.3) is 0 Å². The number of rotatable bonds is 4. The molecule has 1 aromatic carbocycles. The molecule has 0 aliphatic heterocycles. The van der Waals surface area contributed by atoms with Crippen molar-refractivity contribution in [3.05, 3.63) is 55.8 Å². The molecule has 9 heteroatoms. The van der Waals surface area contributed by atoms with E-state index < -0.39 is 10.9 Å². The lowest BCUT2D eigenvalue weighted by molar-refractivity contribution is -0.388. The third-order valence-electron chi connectivity index (χ3n) is 2.42. The molecule has 0 atom stereocenters. The second kappa shape index (κ2) is 6.42. The number of carboxylic acid groups (broad SMARTS) is 1. The molecule has 0 bridgehead atoms. The Kier molecular flexibility index (Phi) is 4.81. The van der Waals surface area contributed by atoms with Crippen molar-refractivity contribution in [3.8, 4) is 0 Å². The molecule has 0 spiro atoms. The van der Waals surface area contributed by atoms with Crippen molar-refractivity contribution in [2.75, 3.05) is 0 Å². The third-order valence-corrected chi connectivity index (χ3v) is 4.74. The Morgan fingerprint density at radius 1 is 1.43 bits per heavy atom. The quantitative estimate of drug-likeness (QED) is 0.620. The largest absolute Gasteiger partial charge is 0.478 e. The van der Waals surface area contributed by atoms with E-state index in [0.29, 0.717) is 14.3 Å². The normalized spacial score (nSPS) is 10.4. The molecule has 0 fully saturated rings. The Hall–Kier alpha value is -1.64. The molecule has 1 N–H and O–H groups in total. The number of halogens is 2. The smallest absolute Gasteiger partial charge is 0.337 e. The molecule has 1 aromatic heterocycles. The van der Waals surface area contributed by atoms with Gasteiger partial charge in [-0.25, -0.2) is 4.79 Å². The zero-order valence-corrected chi connectivity index (χ0v) is 13.3. The van der Waals surface area contributed by atoms with Gasteiger partial charge in [0.2, 0.25) is 0 Å². The Bertz CT molecular complexity index is 741. The summed E-state index contributed by atoms with van der Waals surface area (Å²) in [5.41, 5.74) is -0.226. The number of benzene rings is 1. The topological polar surface area (TPSA) is 93.3 Å². The van der Waals surface area contributed by atoms with Crippen molar-refractivity contribution in [2.24, 2.45) is 0 Å². The van der Waals surface area contributed by atoms with Crippen LogP contribution in [0, 0.1) is 10.1 Å². The molecular formula is C12H6BrClN2O4S. The monoisotopic (exact) mass is 388 g/mol. The molecule has 0 radical (unpaired) electrons. The van der Waals surface area contributed by atoms with Gasteiger partial charge in [-0.1, -0.05) is 23.4 Å². The van der Waals surface area contributed by atoms with Crippen molar-refractivity contribution in [3.63, 3.8) is 0 Å². The van der Waals surface area contributed by atoms with Crippen molar-refractivity contribution < 1.29 is 14.8 Å². The first-order valence-electron chi connectivity index (χ1n) is 5.38. The molecule has 0 unspecified atom stereocenters. The van der Waals surface area contributed by atoms with Gasteiger partial charge in [0.15, 0.2) is 0 Å². The zero-order chi connectivity index (χ0) is 15.6. The van der Waals surface area contributed by atoms with Crippen LogP contribution in [-0.2, 0) is 0 Å². The van der Waals surface area contributed by atoms with Gasteiger partial charge in [-0.05, 0) is 34.1 Å². The molecule has 0 amide bonds. The van der Waals surface area contributed by atoms with Crippen LogP contribution in [0.2, 0.25) is 5.02 Å². The number of pyridine rings is 1. The molecule has 108 valence electrons. The molecule has 1 heterocycles. The lowest BCUT2D eigenvalue weighted by atomic mass is 10.2. The minimum absolute atomic E-state index is 0.0606. The summed E-state index contributed by atoms with van der Waals surface area (Å²) >= 11 is 10.1. The highest BCUT2D eigenvalue weighted by Gasteiger charge is 2.19. The van der Waals surface area contributed by atoms with E-state index in [-0.39, 0.29) is 16.3 Å². The SMILES string of the molecule is O=C(O)c1cc(Sc2c(Br)cncc2[N+](=O)[O-])ccc1Cl. The number of carbonyl (C=O) groups is 1. The summed E-state index contributed by atoms with van der Waals surface area (Å²) in [7, 11) is 0. The van der Waals surface area contributed by atoms with Gasteiger partial charge < -0.3 is 5.11 Å². The predicted octanol–water partition coefficient (Wildman–Crippen LogP) is 4.26. The molecule has 21 heavy (non-hydrogen) atoms. The van der Waals surface area contributed by atoms with E-state index in [9.17, 15) is 14.9 Å². The summed E-state index contributed by atoms with van der Waals surface area (Å²) in [4.78, 5) is 26.1. The van der Waals surface area contributed by atoms with E-state index in [4.69, 9.17) is 16.7 Å². The number of hydrogen-bond acceptors (Lipinski definition) is 5. The molecule has 2 aromatic rings. The number of hydrogen-bond donors (Lipinski definition) is 1. The summed E-state index contributed by atoms with van der Waals surface area (Å²) in [6.45, 7) is 0. The maximum absolute atomic E-state index is 11.0. The Morgan fingerprint density at radius 2 is 2.14 bits per heavy atom. The van der Waals surface area contributed by atoms with Crippen LogP contribution in [0.3, 0.4) is 0 Å². The number of aromatic carboxylic acids is 1. The van der Waals surface area contributed by atoms with Crippen LogP contribution in [0.5, 0.6) is 0 Å². The van der Waals surface area contributed by atoms with Gasteiger partial charge in [-0.3, -0.25) is 15.1 Å². The number of carboxylic acids is 1. The first-order valence-corrected chi connectivity index (χ1v) is 7.37. The minimum Gasteiger partial charge on any atom is -0.478 e. The van der Waals surface area contributed by atoms with Crippen molar-refractivity contribution in [2.45, 2.75) is 9.79 Å². The highest BCUT2D eigenvalue weighted by atomic mass is 79.9. The van der Waals surface area contributed by atoms with Crippen LogP contribution in [0.1, 0.15) is 10.4 Å². The number of aromatic nitrogens is 1. The van der Waals surface area contributed by atoms with E-state index in [2.05, 4.69) is 20.9 Å². The molecule has 0 aliphatic carbocycles. The maximum atomic E-state index is 11.0. The standard InChI is InChI=1S/C12H6BrClN2O4S/c13-8-4-15-5-10(16(19)20)11(8)21-6-1-2-9(14)7(3-6)12(17)18/h1-5H,(H,17,18). The lowest BCUT2D eigenvalue weighted by Gasteiger charge is -2.06.